The molecule has 2 aliphatic heterocycles. The Balaban J connectivity index is 1.78. The van der Waals surface area contributed by atoms with E-state index in [0.29, 0.717) is 12.1 Å². The molecule has 106 valence electrons. The standard InChI is InChI=1S/C14H26Cl2N2/c15-11-13-5-1-3-7-17(13)9-10-18-8-4-2-6-14(18)12-16/h13-14H,1-12H2. The van der Waals surface area contributed by atoms with Gasteiger partial charge in [-0.2, -0.15) is 0 Å². The Labute approximate surface area is 122 Å². The van der Waals surface area contributed by atoms with Gasteiger partial charge in [0.1, 0.15) is 0 Å². The summed E-state index contributed by atoms with van der Waals surface area (Å²) in [6.07, 6.45) is 7.94. The molecule has 0 radical (unpaired) electrons. The van der Waals surface area contributed by atoms with Crippen LogP contribution in [0.3, 0.4) is 0 Å². The van der Waals surface area contributed by atoms with Gasteiger partial charge in [0.05, 0.1) is 0 Å². The lowest BCUT2D eigenvalue weighted by Gasteiger charge is -2.39. The molecule has 2 rings (SSSR count). The number of likely N-dealkylation sites (tertiary alicyclic amines) is 2. The fourth-order valence-corrected chi connectivity index (χ4v) is 4.01. The molecule has 2 saturated heterocycles. The third-order valence-electron chi connectivity index (χ3n) is 4.53. The molecule has 0 bridgehead atoms. The van der Waals surface area contributed by atoms with Crippen LogP contribution in [0.5, 0.6) is 0 Å². The Morgan fingerprint density at radius 1 is 0.722 bits per heavy atom. The molecule has 2 aliphatic rings. The average Bonchev–Trinajstić information content (AvgIpc) is 2.45. The van der Waals surface area contributed by atoms with Gasteiger partial charge >= 0.3 is 0 Å². The van der Waals surface area contributed by atoms with E-state index in [1.54, 1.807) is 0 Å². The quantitative estimate of drug-likeness (QED) is 0.718. The van der Waals surface area contributed by atoms with Crippen LogP contribution in [-0.2, 0) is 0 Å². The molecule has 0 spiro atoms. The molecule has 0 aliphatic carbocycles. The van der Waals surface area contributed by atoms with E-state index >= 15 is 0 Å². The maximum absolute atomic E-state index is 6.08. The number of rotatable bonds is 5. The predicted octanol–water partition coefficient (Wildman–Crippen LogP) is 3.17. The van der Waals surface area contributed by atoms with E-state index in [2.05, 4.69) is 9.80 Å². The smallest absolute Gasteiger partial charge is 0.0379 e. The van der Waals surface area contributed by atoms with Crippen LogP contribution in [0.1, 0.15) is 38.5 Å². The third-order valence-corrected chi connectivity index (χ3v) is 5.24. The Morgan fingerprint density at radius 2 is 1.17 bits per heavy atom. The highest BCUT2D eigenvalue weighted by Crippen LogP contribution is 2.20. The predicted molar refractivity (Wildman–Crippen MR) is 79.9 cm³/mol. The van der Waals surface area contributed by atoms with Crippen molar-refractivity contribution in [3.8, 4) is 0 Å². The molecule has 2 unspecified atom stereocenters. The summed E-state index contributed by atoms with van der Waals surface area (Å²) < 4.78 is 0. The molecule has 2 atom stereocenters. The first-order valence-corrected chi connectivity index (χ1v) is 8.52. The molecule has 2 heterocycles. The largest absolute Gasteiger partial charge is 0.298 e. The number of alkyl halides is 2. The lowest BCUT2D eigenvalue weighted by atomic mass is 10.0. The zero-order valence-electron chi connectivity index (χ0n) is 11.3. The van der Waals surface area contributed by atoms with Crippen LogP contribution >= 0.6 is 23.2 Å². The lowest BCUT2D eigenvalue weighted by Crippen LogP contribution is -2.48. The highest BCUT2D eigenvalue weighted by Gasteiger charge is 2.25. The first-order valence-electron chi connectivity index (χ1n) is 7.45. The van der Waals surface area contributed by atoms with Gasteiger partial charge in [-0.05, 0) is 38.8 Å². The van der Waals surface area contributed by atoms with Crippen LogP contribution in [0.25, 0.3) is 0 Å². The molecule has 18 heavy (non-hydrogen) atoms. The van der Waals surface area contributed by atoms with E-state index in [-0.39, 0.29) is 0 Å². The van der Waals surface area contributed by atoms with Crippen molar-refractivity contribution in [1.82, 2.24) is 9.80 Å². The Kier molecular flexibility index (Phi) is 6.57. The molecule has 0 saturated carbocycles. The van der Waals surface area contributed by atoms with Crippen molar-refractivity contribution in [3.63, 3.8) is 0 Å². The summed E-state index contributed by atoms with van der Waals surface area (Å²) >= 11 is 12.2. The molecule has 2 nitrogen and oxygen atoms in total. The molecule has 0 N–H and O–H groups in total. The minimum Gasteiger partial charge on any atom is -0.298 e. The maximum Gasteiger partial charge on any atom is 0.0379 e. The van der Waals surface area contributed by atoms with Crippen LogP contribution in [0.4, 0.5) is 0 Å². The van der Waals surface area contributed by atoms with E-state index in [1.807, 2.05) is 0 Å². The van der Waals surface area contributed by atoms with Gasteiger partial charge in [0.25, 0.3) is 0 Å². The third kappa shape index (κ3) is 4.00. The minimum atomic E-state index is 0.611. The van der Waals surface area contributed by atoms with Gasteiger partial charge in [-0.15, -0.1) is 23.2 Å². The minimum absolute atomic E-state index is 0.611. The van der Waals surface area contributed by atoms with Crippen molar-refractivity contribution in [2.45, 2.75) is 50.6 Å². The second kappa shape index (κ2) is 7.94. The molecular weight excluding hydrogens is 267 g/mol. The summed E-state index contributed by atoms with van der Waals surface area (Å²) in [5.41, 5.74) is 0. The second-order valence-electron chi connectivity index (χ2n) is 5.68. The monoisotopic (exact) mass is 292 g/mol. The summed E-state index contributed by atoms with van der Waals surface area (Å²) in [6.45, 7) is 4.81. The Hall–Kier alpha value is 0.500. The molecule has 4 heteroatoms. The summed E-state index contributed by atoms with van der Waals surface area (Å²) in [7, 11) is 0. The van der Waals surface area contributed by atoms with Crippen molar-refractivity contribution in [2.24, 2.45) is 0 Å². The first-order chi connectivity index (χ1) is 8.85. The number of piperidine rings is 2. The molecule has 0 amide bonds. The molecule has 2 fully saturated rings. The maximum atomic E-state index is 6.08. The zero-order valence-corrected chi connectivity index (χ0v) is 12.8. The van der Waals surface area contributed by atoms with Gasteiger partial charge in [0.15, 0.2) is 0 Å². The fraction of sp³-hybridized carbons (Fsp3) is 1.00. The van der Waals surface area contributed by atoms with E-state index in [4.69, 9.17) is 23.2 Å². The van der Waals surface area contributed by atoms with E-state index in [1.165, 1.54) is 64.7 Å². The zero-order chi connectivity index (χ0) is 12.8. The number of hydrogen-bond donors (Lipinski definition) is 0. The molecular formula is C14H26Cl2N2. The van der Waals surface area contributed by atoms with Gasteiger partial charge in [-0.1, -0.05) is 12.8 Å². The van der Waals surface area contributed by atoms with Crippen LogP contribution in [0.15, 0.2) is 0 Å². The van der Waals surface area contributed by atoms with Crippen LogP contribution in [0, 0.1) is 0 Å². The second-order valence-corrected chi connectivity index (χ2v) is 6.30. The van der Waals surface area contributed by atoms with Crippen molar-refractivity contribution in [3.05, 3.63) is 0 Å². The van der Waals surface area contributed by atoms with Crippen molar-refractivity contribution < 1.29 is 0 Å². The van der Waals surface area contributed by atoms with Crippen molar-refractivity contribution in [2.75, 3.05) is 37.9 Å². The molecule has 0 aromatic rings. The van der Waals surface area contributed by atoms with Gasteiger partial charge in [0, 0.05) is 36.9 Å². The van der Waals surface area contributed by atoms with Crippen LogP contribution in [-0.4, -0.2) is 59.8 Å². The van der Waals surface area contributed by atoms with E-state index < -0.39 is 0 Å². The summed E-state index contributed by atoms with van der Waals surface area (Å²) in [4.78, 5) is 5.19. The van der Waals surface area contributed by atoms with E-state index in [0.717, 1.165) is 11.8 Å². The van der Waals surface area contributed by atoms with Gasteiger partial charge in [-0.3, -0.25) is 9.80 Å². The van der Waals surface area contributed by atoms with Gasteiger partial charge < -0.3 is 0 Å². The highest BCUT2D eigenvalue weighted by atomic mass is 35.5. The van der Waals surface area contributed by atoms with Crippen LogP contribution in [0.2, 0.25) is 0 Å². The average molecular weight is 293 g/mol. The van der Waals surface area contributed by atoms with Gasteiger partial charge in [0.2, 0.25) is 0 Å². The SMILES string of the molecule is ClCC1CCCCN1CCN1CCCCC1CCl. The number of hydrogen-bond acceptors (Lipinski definition) is 2. The number of halogens is 2. The summed E-state index contributed by atoms with van der Waals surface area (Å²) in [6, 6.07) is 1.22. The highest BCUT2D eigenvalue weighted by molar-refractivity contribution is 6.18. The summed E-state index contributed by atoms with van der Waals surface area (Å²) in [5.74, 6) is 1.58. The molecule has 0 aromatic carbocycles. The Bertz CT molecular complexity index is 214. The van der Waals surface area contributed by atoms with Gasteiger partial charge in [-0.25, -0.2) is 0 Å². The fourth-order valence-electron chi connectivity index (χ4n) is 3.32. The van der Waals surface area contributed by atoms with E-state index in [9.17, 15) is 0 Å². The normalized spacial score (nSPS) is 31.7. The topological polar surface area (TPSA) is 6.48 Å². The summed E-state index contributed by atoms with van der Waals surface area (Å²) in [5, 5.41) is 0. The van der Waals surface area contributed by atoms with Crippen molar-refractivity contribution in [1.29, 1.82) is 0 Å². The van der Waals surface area contributed by atoms with Crippen LogP contribution < -0.4 is 0 Å². The number of nitrogens with zero attached hydrogens (tertiary/aromatic N) is 2. The van der Waals surface area contributed by atoms with Crippen molar-refractivity contribution >= 4 is 23.2 Å². The first kappa shape index (κ1) is 14.9. The Morgan fingerprint density at radius 3 is 1.56 bits per heavy atom. The lowest BCUT2D eigenvalue weighted by molar-refractivity contribution is 0.106. The molecule has 0 aromatic heterocycles.